The van der Waals surface area contributed by atoms with Gasteiger partial charge in [-0.1, -0.05) is 43.8 Å². The Hall–Kier alpha value is -1.57. The van der Waals surface area contributed by atoms with E-state index in [1.54, 1.807) is 6.92 Å². The van der Waals surface area contributed by atoms with Crippen LogP contribution in [-0.2, 0) is 9.53 Å². The number of esters is 1. The highest BCUT2D eigenvalue weighted by molar-refractivity contribution is 5.86. The first-order valence-corrected chi connectivity index (χ1v) is 6.52. The summed E-state index contributed by atoms with van der Waals surface area (Å²) in [6.07, 6.45) is 3.05. The van der Waals surface area contributed by atoms with E-state index in [0.717, 1.165) is 19.3 Å². The Morgan fingerprint density at radius 1 is 1.33 bits per heavy atom. The topological polar surface area (TPSA) is 26.3 Å². The van der Waals surface area contributed by atoms with E-state index in [4.69, 9.17) is 4.74 Å². The molecule has 1 aromatic carbocycles. The molecule has 0 saturated heterocycles. The van der Waals surface area contributed by atoms with Gasteiger partial charge in [0.15, 0.2) is 0 Å². The molecule has 2 nitrogen and oxygen atoms in total. The monoisotopic (exact) mass is 246 g/mol. The van der Waals surface area contributed by atoms with E-state index in [1.807, 2.05) is 6.07 Å². The molecule has 0 radical (unpaired) electrons. The number of hydrogen-bond acceptors (Lipinski definition) is 2. The highest BCUT2D eigenvalue weighted by Crippen LogP contribution is 2.24. The summed E-state index contributed by atoms with van der Waals surface area (Å²) in [5.74, 6) is 0.262. The third kappa shape index (κ3) is 4.74. The Morgan fingerprint density at radius 3 is 2.56 bits per heavy atom. The van der Waals surface area contributed by atoms with Gasteiger partial charge < -0.3 is 4.74 Å². The molecule has 1 unspecified atom stereocenters. The van der Waals surface area contributed by atoms with E-state index in [-0.39, 0.29) is 5.97 Å². The Labute approximate surface area is 110 Å². The number of benzene rings is 1. The van der Waals surface area contributed by atoms with Crippen LogP contribution in [0.3, 0.4) is 0 Å². The van der Waals surface area contributed by atoms with Crippen molar-refractivity contribution < 1.29 is 9.53 Å². The lowest BCUT2D eigenvalue weighted by Gasteiger charge is -2.15. The molecule has 2 heteroatoms. The molecule has 1 atom stereocenters. The highest BCUT2D eigenvalue weighted by Gasteiger charge is 2.09. The molecule has 0 fully saturated rings. The molecule has 0 N–H and O–H groups in total. The molecule has 0 heterocycles. The second-order valence-corrected chi connectivity index (χ2v) is 4.57. The van der Waals surface area contributed by atoms with Crippen LogP contribution in [0.15, 0.2) is 42.5 Å². The maximum Gasteiger partial charge on any atom is 0.333 e. The van der Waals surface area contributed by atoms with Crippen molar-refractivity contribution in [1.82, 2.24) is 0 Å². The zero-order valence-electron chi connectivity index (χ0n) is 11.3. The quantitative estimate of drug-likeness (QED) is 0.411. The van der Waals surface area contributed by atoms with Gasteiger partial charge in [0.2, 0.25) is 0 Å². The molecule has 0 aliphatic rings. The van der Waals surface area contributed by atoms with Crippen LogP contribution in [0.25, 0.3) is 0 Å². The van der Waals surface area contributed by atoms with Gasteiger partial charge in [-0.2, -0.15) is 0 Å². The van der Waals surface area contributed by atoms with E-state index >= 15 is 0 Å². The first-order valence-electron chi connectivity index (χ1n) is 6.52. The van der Waals surface area contributed by atoms with Crippen molar-refractivity contribution in [3.05, 3.63) is 48.0 Å². The molecule has 1 rings (SSSR count). The van der Waals surface area contributed by atoms with Crippen LogP contribution in [0.1, 0.15) is 44.6 Å². The zero-order chi connectivity index (χ0) is 13.4. The van der Waals surface area contributed by atoms with Crippen molar-refractivity contribution in [2.75, 3.05) is 6.61 Å². The second kappa shape index (κ2) is 7.70. The Morgan fingerprint density at radius 2 is 2.00 bits per heavy atom. The molecule has 0 aromatic heterocycles. The lowest BCUT2D eigenvalue weighted by atomic mass is 9.92. The van der Waals surface area contributed by atoms with Crippen molar-refractivity contribution in [3.63, 3.8) is 0 Å². The summed E-state index contributed by atoms with van der Waals surface area (Å²) in [4.78, 5) is 11.2. The number of carbonyl (C=O) groups excluding carboxylic acids is 1. The molecule has 0 bridgehead atoms. The molecule has 0 spiro atoms. The summed E-state index contributed by atoms with van der Waals surface area (Å²) in [7, 11) is 0. The van der Waals surface area contributed by atoms with Gasteiger partial charge in [0.05, 0.1) is 6.61 Å². The van der Waals surface area contributed by atoms with Crippen LogP contribution in [0.4, 0.5) is 0 Å². The predicted octanol–water partition coefficient (Wildman–Crippen LogP) is 4.08. The summed E-state index contributed by atoms with van der Waals surface area (Å²) in [6.45, 7) is 7.90. The van der Waals surface area contributed by atoms with Gasteiger partial charge in [0.1, 0.15) is 0 Å². The summed E-state index contributed by atoms with van der Waals surface area (Å²) < 4.78 is 5.10. The van der Waals surface area contributed by atoms with Crippen molar-refractivity contribution in [2.45, 2.75) is 39.0 Å². The third-order valence-electron chi connectivity index (χ3n) is 3.04. The SMILES string of the molecule is C=C(C)C(=O)OCCCC(CC)c1ccccc1. The van der Waals surface area contributed by atoms with Gasteiger partial charge in [-0.15, -0.1) is 0 Å². The van der Waals surface area contributed by atoms with E-state index in [2.05, 4.69) is 37.8 Å². The Balaban J connectivity index is 2.33. The van der Waals surface area contributed by atoms with Gasteiger partial charge in [0, 0.05) is 5.57 Å². The van der Waals surface area contributed by atoms with Gasteiger partial charge in [-0.25, -0.2) is 4.79 Å². The van der Waals surface area contributed by atoms with E-state index < -0.39 is 0 Å². The molecule has 0 amide bonds. The lowest BCUT2D eigenvalue weighted by molar-refractivity contribution is -0.139. The smallest absolute Gasteiger partial charge is 0.333 e. The first kappa shape index (κ1) is 14.5. The van der Waals surface area contributed by atoms with Crippen molar-refractivity contribution in [1.29, 1.82) is 0 Å². The van der Waals surface area contributed by atoms with Crippen molar-refractivity contribution >= 4 is 5.97 Å². The van der Waals surface area contributed by atoms with Gasteiger partial charge in [-0.3, -0.25) is 0 Å². The number of ether oxygens (including phenoxy) is 1. The fourth-order valence-electron chi connectivity index (χ4n) is 1.95. The maximum atomic E-state index is 11.2. The minimum Gasteiger partial charge on any atom is -0.462 e. The summed E-state index contributed by atoms with van der Waals surface area (Å²) >= 11 is 0. The molecule has 0 aliphatic heterocycles. The van der Waals surface area contributed by atoms with Gasteiger partial charge in [-0.05, 0) is 37.7 Å². The Bertz CT molecular complexity index is 381. The van der Waals surface area contributed by atoms with E-state index in [1.165, 1.54) is 5.56 Å². The van der Waals surface area contributed by atoms with Crippen LogP contribution >= 0.6 is 0 Å². The fraction of sp³-hybridized carbons (Fsp3) is 0.438. The normalized spacial score (nSPS) is 11.9. The average Bonchev–Trinajstić information content (AvgIpc) is 2.39. The van der Waals surface area contributed by atoms with Crippen molar-refractivity contribution in [2.24, 2.45) is 0 Å². The second-order valence-electron chi connectivity index (χ2n) is 4.57. The zero-order valence-corrected chi connectivity index (χ0v) is 11.3. The van der Waals surface area contributed by atoms with Gasteiger partial charge >= 0.3 is 5.97 Å². The number of carbonyl (C=O) groups is 1. The average molecular weight is 246 g/mol. The van der Waals surface area contributed by atoms with Crippen LogP contribution in [0.2, 0.25) is 0 Å². The Kier molecular flexibility index (Phi) is 6.20. The van der Waals surface area contributed by atoms with Crippen LogP contribution in [0.5, 0.6) is 0 Å². The molecule has 1 aromatic rings. The summed E-state index contributed by atoms with van der Waals surface area (Å²) in [5.41, 5.74) is 1.83. The molecular weight excluding hydrogens is 224 g/mol. The van der Waals surface area contributed by atoms with Gasteiger partial charge in [0.25, 0.3) is 0 Å². The largest absolute Gasteiger partial charge is 0.462 e. The van der Waals surface area contributed by atoms with E-state index in [0.29, 0.717) is 18.1 Å². The maximum absolute atomic E-state index is 11.2. The molecule has 18 heavy (non-hydrogen) atoms. The van der Waals surface area contributed by atoms with E-state index in [9.17, 15) is 4.79 Å². The standard InChI is InChI=1S/C16H22O2/c1-4-14(15-9-6-5-7-10-15)11-8-12-18-16(17)13(2)3/h5-7,9-10,14H,2,4,8,11-12H2,1,3H3. The number of rotatable bonds is 7. The van der Waals surface area contributed by atoms with Crippen LogP contribution in [-0.4, -0.2) is 12.6 Å². The number of hydrogen-bond donors (Lipinski definition) is 0. The van der Waals surface area contributed by atoms with Crippen LogP contribution < -0.4 is 0 Å². The summed E-state index contributed by atoms with van der Waals surface area (Å²) in [6, 6.07) is 10.5. The third-order valence-corrected chi connectivity index (χ3v) is 3.04. The minimum atomic E-state index is -0.289. The van der Waals surface area contributed by atoms with Crippen LogP contribution in [0, 0.1) is 0 Å². The lowest BCUT2D eigenvalue weighted by Crippen LogP contribution is -2.07. The van der Waals surface area contributed by atoms with Crippen molar-refractivity contribution in [3.8, 4) is 0 Å². The minimum absolute atomic E-state index is 0.289. The molecule has 98 valence electrons. The molecule has 0 saturated carbocycles. The molecular formula is C16H22O2. The molecule has 0 aliphatic carbocycles. The predicted molar refractivity (Wildman–Crippen MR) is 74.5 cm³/mol. The fourth-order valence-corrected chi connectivity index (χ4v) is 1.95. The summed E-state index contributed by atoms with van der Waals surface area (Å²) in [5, 5.41) is 0. The highest BCUT2D eigenvalue weighted by atomic mass is 16.5. The first-order chi connectivity index (χ1) is 8.65.